The number of aliphatic carboxylic acids is 1. The van der Waals surface area contributed by atoms with E-state index in [1.807, 2.05) is 25.1 Å². The fourth-order valence-corrected chi connectivity index (χ4v) is 2.68. The Balaban J connectivity index is 2.12. The van der Waals surface area contributed by atoms with Gasteiger partial charge in [0.05, 0.1) is 6.42 Å². The van der Waals surface area contributed by atoms with Crippen molar-refractivity contribution in [2.45, 2.75) is 39.0 Å². The SMILES string of the molecule is CCN(CCC(=O)O)C(=O)c1ccc2c(c1)CCCC2. The number of benzene rings is 1. The van der Waals surface area contributed by atoms with Crippen LogP contribution in [0, 0.1) is 0 Å². The van der Waals surface area contributed by atoms with Crippen LogP contribution in [0.25, 0.3) is 0 Å². The maximum atomic E-state index is 12.4. The Kier molecular flexibility index (Phi) is 4.77. The zero-order valence-corrected chi connectivity index (χ0v) is 11.9. The fourth-order valence-electron chi connectivity index (χ4n) is 2.68. The van der Waals surface area contributed by atoms with Crippen LogP contribution < -0.4 is 0 Å². The molecule has 1 aromatic rings. The topological polar surface area (TPSA) is 57.6 Å². The third-order valence-corrected chi connectivity index (χ3v) is 3.86. The predicted molar refractivity (Wildman–Crippen MR) is 76.9 cm³/mol. The van der Waals surface area contributed by atoms with Gasteiger partial charge >= 0.3 is 5.97 Å². The number of fused-ring (bicyclic) bond motifs is 1. The Labute approximate surface area is 119 Å². The molecule has 0 heterocycles. The van der Waals surface area contributed by atoms with Crippen molar-refractivity contribution in [3.63, 3.8) is 0 Å². The molecule has 0 aromatic heterocycles. The molecule has 0 spiro atoms. The van der Waals surface area contributed by atoms with Gasteiger partial charge in [-0.3, -0.25) is 9.59 Å². The van der Waals surface area contributed by atoms with Gasteiger partial charge < -0.3 is 10.0 Å². The van der Waals surface area contributed by atoms with Gasteiger partial charge in [0.2, 0.25) is 0 Å². The van der Waals surface area contributed by atoms with Crippen molar-refractivity contribution in [2.24, 2.45) is 0 Å². The lowest BCUT2D eigenvalue weighted by Crippen LogP contribution is -2.33. The summed E-state index contributed by atoms with van der Waals surface area (Å²) in [6, 6.07) is 5.91. The van der Waals surface area contributed by atoms with E-state index in [-0.39, 0.29) is 18.9 Å². The lowest BCUT2D eigenvalue weighted by molar-refractivity contribution is -0.137. The molecule has 2 rings (SSSR count). The number of amides is 1. The minimum atomic E-state index is -0.873. The highest BCUT2D eigenvalue weighted by atomic mass is 16.4. The lowest BCUT2D eigenvalue weighted by atomic mass is 9.90. The second kappa shape index (κ2) is 6.55. The average molecular weight is 275 g/mol. The van der Waals surface area contributed by atoms with E-state index in [0.717, 1.165) is 12.8 Å². The highest BCUT2D eigenvalue weighted by Gasteiger charge is 2.17. The summed E-state index contributed by atoms with van der Waals surface area (Å²) in [5, 5.41) is 8.73. The van der Waals surface area contributed by atoms with Crippen molar-refractivity contribution in [1.29, 1.82) is 0 Å². The van der Waals surface area contributed by atoms with Crippen LogP contribution in [-0.4, -0.2) is 35.0 Å². The van der Waals surface area contributed by atoms with Crippen LogP contribution in [0.4, 0.5) is 0 Å². The van der Waals surface area contributed by atoms with Crippen molar-refractivity contribution in [2.75, 3.05) is 13.1 Å². The van der Waals surface area contributed by atoms with Crippen LogP contribution in [0.3, 0.4) is 0 Å². The van der Waals surface area contributed by atoms with Crippen molar-refractivity contribution in [3.8, 4) is 0 Å². The summed E-state index contributed by atoms with van der Waals surface area (Å²) >= 11 is 0. The number of rotatable bonds is 5. The second-order valence-electron chi connectivity index (χ2n) is 5.22. The molecule has 4 heteroatoms. The van der Waals surface area contributed by atoms with Gasteiger partial charge in [-0.05, 0) is 55.9 Å². The van der Waals surface area contributed by atoms with Gasteiger partial charge in [0.1, 0.15) is 0 Å². The monoisotopic (exact) mass is 275 g/mol. The zero-order valence-electron chi connectivity index (χ0n) is 11.9. The van der Waals surface area contributed by atoms with Crippen molar-refractivity contribution in [1.82, 2.24) is 4.90 Å². The van der Waals surface area contributed by atoms with Gasteiger partial charge in [0.25, 0.3) is 5.91 Å². The number of carboxylic acid groups (broad SMARTS) is 1. The molecule has 1 N–H and O–H groups in total. The summed E-state index contributed by atoms with van der Waals surface area (Å²) in [6.07, 6.45) is 4.53. The summed E-state index contributed by atoms with van der Waals surface area (Å²) in [5.41, 5.74) is 3.30. The normalized spacial score (nSPS) is 13.7. The number of hydrogen-bond acceptors (Lipinski definition) is 2. The van der Waals surface area contributed by atoms with Crippen LogP contribution in [0.5, 0.6) is 0 Å². The molecule has 0 bridgehead atoms. The molecule has 20 heavy (non-hydrogen) atoms. The van der Waals surface area contributed by atoms with E-state index in [9.17, 15) is 9.59 Å². The average Bonchev–Trinajstić information content (AvgIpc) is 2.47. The number of carboxylic acids is 1. The van der Waals surface area contributed by atoms with Crippen molar-refractivity contribution >= 4 is 11.9 Å². The molecule has 4 nitrogen and oxygen atoms in total. The summed E-state index contributed by atoms with van der Waals surface area (Å²) in [7, 11) is 0. The number of nitrogens with zero attached hydrogens (tertiary/aromatic N) is 1. The molecule has 0 saturated carbocycles. The van der Waals surface area contributed by atoms with E-state index in [2.05, 4.69) is 0 Å². The van der Waals surface area contributed by atoms with E-state index < -0.39 is 5.97 Å². The first kappa shape index (κ1) is 14.6. The summed E-state index contributed by atoms with van der Waals surface area (Å²) in [5.74, 6) is -0.941. The quantitative estimate of drug-likeness (QED) is 0.898. The second-order valence-corrected chi connectivity index (χ2v) is 5.22. The molecular formula is C16H21NO3. The van der Waals surface area contributed by atoms with Crippen LogP contribution >= 0.6 is 0 Å². The molecule has 1 aliphatic carbocycles. The molecular weight excluding hydrogens is 254 g/mol. The molecule has 0 fully saturated rings. The Morgan fingerprint density at radius 1 is 1.20 bits per heavy atom. The maximum Gasteiger partial charge on any atom is 0.305 e. The van der Waals surface area contributed by atoms with Gasteiger partial charge in [-0.25, -0.2) is 0 Å². The highest BCUT2D eigenvalue weighted by Crippen LogP contribution is 2.22. The van der Waals surface area contributed by atoms with E-state index in [1.54, 1.807) is 4.90 Å². The Morgan fingerprint density at radius 3 is 2.55 bits per heavy atom. The highest BCUT2D eigenvalue weighted by molar-refractivity contribution is 5.94. The standard InChI is InChI=1S/C16H21NO3/c1-2-17(10-9-15(18)19)16(20)14-8-7-12-5-3-4-6-13(12)11-14/h7-8,11H,2-6,9-10H2,1H3,(H,18,19). The summed E-state index contributed by atoms with van der Waals surface area (Å²) < 4.78 is 0. The molecule has 0 saturated heterocycles. The molecule has 0 radical (unpaired) electrons. The first-order valence-corrected chi connectivity index (χ1v) is 7.24. The van der Waals surface area contributed by atoms with Crippen LogP contribution in [0.15, 0.2) is 18.2 Å². The number of carbonyl (C=O) groups is 2. The number of carbonyl (C=O) groups excluding carboxylic acids is 1. The lowest BCUT2D eigenvalue weighted by Gasteiger charge is -2.22. The van der Waals surface area contributed by atoms with E-state index in [4.69, 9.17) is 5.11 Å². The first-order valence-electron chi connectivity index (χ1n) is 7.24. The number of aryl methyl sites for hydroxylation is 2. The fraction of sp³-hybridized carbons (Fsp3) is 0.500. The first-order chi connectivity index (χ1) is 9.61. The third-order valence-electron chi connectivity index (χ3n) is 3.86. The maximum absolute atomic E-state index is 12.4. The molecule has 0 unspecified atom stereocenters. The smallest absolute Gasteiger partial charge is 0.305 e. The third kappa shape index (κ3) is 3.38. The number of hydrogen-bond donors (Lipinski definition) is 1. The molecule has 1 aromatic carbocycles. The predicted octanol–water partition coefficient (Wildman–Crippen LogP) is 2.50. The van der Waals surface area contributed by atoms with E-state index in [1.165, 1.54) is 24.0 Å². The van der Waals surface area contributed by atoms with Crippen LogP contribution in [0.1, 0.15) is 47.7 Å². The summed E-state index contributed by atoms with van der Waals surface area (Å²) in [6.45, 7) is 2.67. The van der Waals surface area contributed by atoms with Gasteiger partial charge in [-0.1, -0.05) is 6.07 Å². The van der Waals surface area contributed by atoms with Crippen molar-refractivity contribution < 1.29 is 14.7 Å². The minimum Gasteiger partial charge on any atom is -0.481 e. The molecule has 1 aliphatic rings. The van der Waals surface area contributed by atoms with Gasteiger partial charge in [0.15, 0.2) is 0 Å². The van der Waals surface area contributed by atoms with E-state index >= 15 is 0 Å². The van der Waals surface area contributed by atoms with Crippen LogP contribution in [0.2, 0.25) is 0 Å². The van der Waals surface area contributed by atoms with Gasteiger partial charge in [-0.15, -0.1) is 0 Å². The largest absolute Gasteiger partial charge is 0.481 e. The Hall–Kier alpha value is -1.84. The minimum absolute atomic E-state index is 0.00940. The Bertz CT molecular complexity index is 510. The van der Waals surface area contributed by atoms with Gasteiger partial charge in [-0.2, -0.15) is 0 Å². The van der Waals surface area contributed by atoms with Crippen LogP contribution in [-0.2, 0) is 17.6 Å². The van der Waals surface area contributed by atoms with E-state index in [0.29, 0.717) is 12.1 Å². The Morgan fingerprint density at radius 2 is 1.90 bits per heavy atom. The zero-order chi connectivity index (χ0) is 14.5. The molecule has 108 valence electrons. The van der Waals surface area contributed by atoms with Crippen molar-refractivity contribution in [3.05, 3.63) is 34.9 Å². The molecule has 0 atom stereocenters. The molecule has 1 amide bonds. The molecule has 0 aliphatic heterocycles. The van der Waals surface area contributed by atoms with Gasteiger partial charge in [0, 0.05) is 18.7 Å². The summed E-state index contributed by atoms with van der Waals surface area (Å²) in [4.78, 5) is 24.6.